The zero-order valence-corrected chi connectivity index (χ0v) is 27.4. The topological polar surface area (TPSA) is 94.0 Å². The third-order valence-electron chi connectivity index (χ3n) is 9.05. The van der Waals surface area contributed by atoms with Crippen LogP contribution in [0.2, 0.25) is 0 Å². The average Bonchev–Trinajstić information content (AvgIpc) is 3.01. The van der Waals surface area contributed by atoms with Crippen molar-refractivity contribution in [2.45, 2.75) is 54.5 Å². The van der Waals surface area contributed by atoms with Crippen molar-refractivity contribution < 1.29 is 19.8 Å². The van der Waals surface area contributed by atoms with E-state index in [-0.39, 0.29) is 0 Å². The van der Waals surface area contributed by atoms with Gasteiger partial charge in [-0.25, -0.2) is 9.59 Å². The summed E-state index contributed by atoms with van der Waals surface area (Å²) in [5.41, 5.74) is 13.4. The Bertz CT molecular complexity index is 1680. The van der Waals surface area contributed by atoms with E-state index in [0.29, 0.717) is 12.2 Å². The zero-order valence-electron chi connectivity index (χ0n) is 27.4. The second-order valence-electron chi connectivity index (χ2n) is 12.2. The van der Waals surface area contributed by atoms with Gasteiger partial charge in [0.1, 0.15) is 0 Å². The molecule has 0 atom stereocenters. The molecule has 5 rings (SSSR count). The van der Waals surface area contributed by atoms with Crippen LogP contribution in [0.25, 0.3) is 22.0 Å². The third kappa shape index (κ3) is 9.10. The van der Waals surface area contributed by atoms with E-state index in [1.807, 2.05) is 6.20 Å². The van der Waals surface area contributed by atoms with Crippen molar-refractivity contribution in [2.24, 2.45) is 0 Å². The Kier molecular flexibility index (Phi) is 11.3. The molecular formula is C38H45N3O4. The highest BCUT2D eigenvalue weighted by Crippen LogP contribution is 2.27. The van der Waals surface area contributed by atoms with E-state index in [1.54, 1.807) is 0 Å². The van der Waals surface area contributed by atoms with E-state index in [0.717, 1.165) is 51.4 Å². The van der Waals surface area contributed by atoms with E-state index in [9.17, 15) is 9.59 Å². The Labute approximate surface area is 266 Å². The van der Waals surface area contributed by atoms with Crippen molar-refractivity contribution in [2.75, 3.05) is 32.7 Å². The zero-order chi connectivity index (χ0) is 32.7. The quantitative estimate of drug-likeness (QED) is 0.212. The van der Waals surface area contributed by atoms with Crippen LogP contribution in [0.4, 0.5) is 0 Å². The number of hydrogen-bond acceptors (Lipinski definition) is 5. The van der Waals surface area contributed by atoms with Gasteiger partial charge in [0.15, 0.2) is 0 Å². The highest BCUT2D eigenvalue weighted by molar-refractivity contribution is 5.89. The van der Waals surface area contributed by atoms with Crippen LogP contribution in [0.15, 0.2) is 66.9 Å². The summed E-state index contributed by atoms with van der Waals surface area (Å²) in [7, 11) is 0. The Morgan fingerprint density at radius 1 is 0.711 bits per heavy atom. The third-order valence-corrected chi connectivity index (χ3v) is 9.05. The first-order chi connectivity index (χ1) is 21.4. The summed E-state index contributed by atoms with van der Waals surface area (Å²) >= 11 is 0. The van der Waals surface area contributed by atoms with Gasteiger partial charge in [-0.05, 0) is 128 Å². The number of nitrogens with zero attached hydrogens (tertiary/aromatic N) is 3. The van der Waals surface area contributed by atoms with E-state index in [1.165, 1.54) is 60.8 Å². The minimum absolute atomic E-state index is 0.558. The van der Waals surface area contributed by atoms with Crippen molar-refractivity contribution in [3.63, 3.8) is 0 Å². The summed E-state index contributed by atoms with van der Waals surface area (Å²) in [6.45, 7) is 19.9. The number of aromatic nitrogens is 1. The molecule has 1 saturated heterocycles. The van der Waals surface area contributed by atoms with Crippen LogP contribution in [0.3, 0.4) is 0 Å². The molecular weight excluding hydrogens is 562 g/mol. The first-order valence-electron chi connectivity index (χ1n) is 15.5. The summed E-state index contributed by atoms with van der Waals surface area (Å²) in [6, 6.07) is 18.4. The normalized spacial score (nSPS) is 14.0. The fourth-order valence-corrected chi connectivity index (χ4v) is 5.84. The Hall–Kier alpha value is -4.33. The lowest BCUT2D eigenvalue weighted by Crippen LogP contribution is -2.46. The number of aliphatic carboxylic acids is 2. The maximum atomic E-state index is 9.55. The monoisotopic (exact) mass is 607 g/mol. The van der Waals surface area contributed by atoms with Crippen molar-refractivity contribution in [1.82, 2.24) is 14.8 Å². The largest absolute Gasteiger partial charge is 0.478 e. The molecule has 7 nitrogen and oxygen atoms in total. The number of piperazine rings is 1. The number of aryl methyl sites for hydroxylation is 4. The predicted molar refractivity (Wildman–Crippen MR) is 182 cm³/mol. The predicted octanol–water partition coefficient (Wildman–Crippen LogP) is 6.82. The van der Waals surface area contributed by atoms with Crippen LogP contribution >= 0.6 is 0 Å². The van der Waals surface area contributed by atoms with Crippen LogP contribution < -0.4 is 0 Å². The molecule has 236 valence electrons. The maximum Gasteiger partial charge on any atom is 0.328 e. The highest BCUT2D eigenvalue weighted by atomic mass is 16.4. The van der Waals surface area contributed by atoms with Gasteiger partial charge in [0.25, 0.3) is 0 Å². The fourth-order valence-electron chi connectivity index (χ4n) is 5.84. The van der Waals surface area contributed by atoms with Crippen LogP contribution in [-0.4, -0.2) is 69.7 Å². The lowest BCUT2D eigenvalue weighted by Gasteiger charge is -2.34. The average molecular weight is 608 g/mol. The van der Waals surface area contributed by atoms with E-state index >= 15 is 0 Å². The molecule has 0 aliphatic carbocycles. The lowest BCUT2D eigenvalue weighted by molar-refractivity contribution is -0.134. The second-order valence-corrected chi connectivity index (χ2v) is 12.2. The molecule has 0 radical (unpaired) electrons. The van der Waals surface area contributed by atoms with Crippen molar-refractivity contribution in [1.29, 1.82) is 0 Å². The Balaban J connectivity index is 0.000000510. The molecule has 3 aromatic carbocycles. The molecule has 1 fully saturated rings. The van der Waals surface area contributed by atoms with Crippen LogP contribution in [0, 0.1) is 41.5 Å². The SMILES string of the molecule is Cc1cc(-c2cc(CN3CCN(CCc4ccc5c(C)c(C)c(C)cc5c4)CC3)ccn2)cc(C)c1C.O=C(O)/C=C\C(=O)O. The number of carboxylic acids is 2. The first kappa shape index (κ1) is 33.6. The first-order valence-corrected chi connectivity index (χ1v) is 15.5. The summed E-state index contributed by atoms with van der Waals surface area (Å²) in [6.07, 6.45) is 4.20. The number of fused-ring (bicyclic) bond motifs is 1. The second kappa shape index (κ2) is 15.1. The van der Waals surface area contributed by atoms with Crippen LogP contribution in [0.5, 0.6) is 0 Å². The summed E-state index contributed by atoms with van der Waals surface area (Å²) < 4.78 is 0. The molecule has 0 bridgehead atoms. The van der Waals surface area contributed by atoms with Gasteiger partial charge in [0.05, 0.1) is 5.69 Å². The molecule has 2 N–H and O–H groups in total. The van der Waals surface area contributed by atoms with Gasteiger partial charge in [0, 0.05) is 63.2 Å². The number of benzene rings is 3. The molecule has 0 unspecified atom stereocenters. The molecule has 0 amide bonds. The molecule has 0 saturated carbocycles. The van der Waals surface area contributed by atoms with Gasteiger partial charge < -0.3 is 15.1 Å². The molecule has 1 aliphatic rings. The molecule has 1 aliphatic heterocycles. The molecule has 0 spiro atoms. The number of hydrogen-bond donors (Lipinski definition) is 2. The van der Waals surface area contributed by atoms with Gasteiger partial charge in [-0.15, -0.1) is 0 Å². The number of carboxylic acid groups (broad SMARTS) is 2. The number of carbonyl (C=O) groups is 2. The van der Waals surface area contributed by atoms with Gasteiger partial charge in [-0.1, -0.05) is 24.3 Å². The van der Waals surface area contributed by atoms with Crippen LogP contribution in [0.1, 0.15) is 44.5 Å². The highest BCUT2D eigenvalue weighted by Gasteiger charge is 2.17. The minimum Gasteiger partial charge on any atom is -0.478 e. The van der Waals surface area contributed by atoms with Crippen molar-refractivity contribution in [3.05, 3.63) is 111 Å². The smallest absolute Gasteiger partial charge is 0.328 e. The van der Waals surface area contributed by atoms with Gasteiger partial charge in [-0.2, -0.15) is 0 Å². The van der Waals surface area contributed by atoms with E-state index in [2.05, 4.69) is 105 Å². The van der Waals surface area contributed by atoms with Gasteiger partial charge in [-0.3, -0.25) is 9.88 Å². The molecule has 4 aromatic rings. The van der Waals surface area contributed by atoms with Gasteiger partial charge >= 0.3 is 11.9 Å². The molecule has 45 heavy (non-hydrogen) atoms. The Morgan fingerprint density at radius 2 is 1.31 bits per heavy atom. The number of pyridine rings is 1. The van der Waals surface area contributed by atoms with E-state index in [4.69, 9.17) is 10.2 Å². The minimum atomic E-state index is -1.26. The molecule has 1 aromatic heterocycles. The number of rotatable bonds is 8. The van der Waals surface area contributed by atoms with E-state index < -0.39 is 11.9 Å². The molecule has 2 heterocycles. The molecule has 7 heteroatoms. The Morgan fingerprint density at radius 3 is 1.93 bits per heavy atom. The summed E-state index contributed by atoms with van der Waals surface area (Å²) in [4.78, 5) is 29.0. The summed E-state index contributed by atoms with van der Waals surface area (Å²) in [5, 5.41) is 18.4. The van der Waals surface area contributed by atoms with Crippen molar-refractivity contribution in [3.8, 4) is 11.3 Å². The standard InChI is InChI=1S/C34H41N3.C4H4O4/c1-23-18-32(19-24(2)26(23)4)34-21-30(9-11-35-34)22-37-15-13-36(14-16-37)12-10-29-7-8-33-28(6)27(5)25(3)17-31(33)20-29;5-3(6)1-2-4(7)8/h7-9,11,17-21H,10,12-16,22H2,1-6H3;1-2H,(H,5,6)(H,7,8)/b;2-1-. The van der Waals surface area contributed by atoms with Crippen LogP contribution in [-0.2, 0) is 22.6 Å². The van der Waals surface area contributed by atoms with Gasteiger partial charge in [0.2, 0.25) is 0 Å². The van der Waals surface area contributed by atoms with Crippen molar-refractivity contribution >= 4 is 22.7 Å². The fraction of sp³-hybridized carbons (Fsp3) is 0.342. The maximum absolute atomic E-state index is 9.55. The lowest BCUT2D eigenvalue weighted by atomic mass is 9.95. The summed E-state index contributed by atoms with van der Waals surface area (Å²) in [5.74, 6) is -2.51.